The van der Waals surface area contributed by atoms with Crippen LogP contribution < -0.4 is 5.32 Å². The number of carbonyl (C=O) groups is 1. The Morgan fingerprint density at radius 3 is 2.75 bits per heavy atom. The molecule has 1 aromatic heterocycles. The molecule has 0 radical (unpaired) electrons. The van der Waals surface area contributed by atoms with E-state index in [2.05, 4.69) is 15.5 Å². The van der Waals surface area contributed by atoms with Crippen LogP contribution in [0, 0.1) is 0 Å². The molecule has 106 valence electrons. The molecule has 0 fully saturated rings. The lowest BCUT2D eigenvalue weighted by atomic mass is 10.1. The maximum Gasteiger partial charge on any atom is 0.412 e. The van der Waals surface area contributed by atoms with Crippen molar-refractivity contribution in [2.75, 3.05) is 5.32 Å². The first-order chi connectivity index (χ1) is 9.35. The van der Waals surface area contributed by atoms with E-state index in [0.29, 0.717) is 11.3 Å². The van der Waals surface area contributed by atoms with Crippen LogP contribution >= 0.6 is 0 Å². The van der Waals surface area contributed by atoms with Gasteiger partial charge in [-0.2, -0.15) is 5.10 Å². The Hall–Kier alpha value is -2.50. The highest BCUT2D eigenvalue weighted by Crippen LogP contribution is 2.31. The Bertz CT molecular complexity index is 601. The van der Waals surface area contributed by atoms with Crippen molar-refractivity contribution in [1.29, 1.82) is 0 Å². The summed E-state index contributed by atoms with van der Waals surface area (Å²) < 4.78 is 5.17. The van der Waals surface area contributed by atoms with Gasteiger partial charge in [-0.1, -0.05) is 0 Å². The van der Waals surface area contributed by atoms with E-state index in [1.165, 1.54) is 6.07 Å². The van der Waals surface area contributed by atoms with Gasteiger partial charge in [0, 0.05) is 23.0 Å². The van der Waals surface area contributed by atoms with Crippen LogP contribution in [0.3, 0.4) is 0 Å². The number of carbonyl (C=O) groups excluding carboxylic acids is 1. The van der Waals surface area contributed by atoms with Gasteiger partial charge in [-0.15, -0.1) is 0 Å². The SMILES string of the molecule is CC(C)(C)OC(=O)Nc1ccc(O)c(-c2cn[nH]c2)c1. The molecule has 0 unspecified atom stereocenters. The molecule has 0 saturated heterocycles. The quantitative estimate of drug-likeness (QED) is 0.735. The van der Waals surface area contributed by atoms with Crippen LogP contribution in [-0.2, 0) is 4.74 Å². The number of nitrogens with one attached hydrogen (secondary N) is 2. The van der Waals surface area contributed by atoms with Crippen LogP contribution in [0.15, 0.2) is 30.6 Å². The second kappa shape index (κ2) is 5.24. The van der Waals surface area contributed by atoms with Crippen LogP contribution in [0.25, 0.3) is 11.1 Å². The van der Waals surface area contributed by atoms with E-state index >= 15 is 0 Å². The highest BCUT2D eigenvalue weighted by molar-refractivity contribution is 5.87. The Morgan fingerprint density at radius 1 is 1.40 bits per heavy atom. The minimum absolute atomic E-state index is 0.112. The molecular weight excluding hydrogens is 258 g/mol. The third-order valence-electron chi connectivity index (χ3n) is 2.45. The van der Waals surface area contributed by atoms with Gasteiger partial charge in [0.15, 0.2) is 0 Å². The molecular formula is C14H17N3O3. The van der Waals surface area contributed by atoms with Crippen molar-refractivity contribution in [3.05, 3.63) is 30.6 Å². The summed E-state index contributed by atoms with van der Waals surface area (Å²) in [6.45, 7) is 5.38. The van der Waals surface area contributed by atoms with E-state index in [-0.39, 0.29) is 5.75 Å². The number of anilines is 1. The summed E-state index contributed by atoms with van der Waals surface area (Å²) in [6.07, 6.45) is 2.71. The molecule has 1 heterocycles. The molecule has 0 atom stereocenters. The molecule has 0 spiro atoms. The summed E-state index contributed by atoms with van der Waals surface area (Å²) in [5.74, 6) is 0.112. The van der Waals surface area contributed by atoms with Crippen LogP contribution in [0.2, 0.25) is 0 Å². The molecule has 6 nitrogen and oxygen atoms in total. The van der Waals surface area contributed by atoms with E-state index < -0.39 is 11.7 Å². The van der Waals surface area contributed by atoms with Crippen LogP contribution in [0.4, 0.5) is 10.5 Å². The van der Waals surface area contributed by atoms with E-state index in [1.54, 1.807) is 45.3 Å². The number of aromatic hydroxyl groups is 1. The topological polar surface area (TPSA) is 87.2 Å². The van der Waals surface area contributed by atoms with Gasteiger partial charge in [-0.05, 0) is 39.0 Å². The molecule has 3 N–H and O–H groups in total. The first-order valence-corrected chi connectivity index (χ1v) is 6.17. The number of benzene rings is 1. The number of rotatable bonds is 2. The van der Waals surface area contributed by atoms with Crippen LogP contribution in [-0.4, -0.2) is 27.0 Å². The molecule has 1 amide bonds. The van der Waals surface area contributed by atoms with Crippen LogP contribution in [0.1, 0.15) is 20.8 Å². The summed E-state index contributed by atoms with van der Waals surface area (Å²) in [7, 11) is 0. The lowest BCUT2D eigenvalue weighted by molar-refractivity contribution is 0.0636. The van der Waals surface area contributed by atoms with Crippen molar-refractivity contribution in [2.24, 2.45) is 0 Å². The minimum atomic E-state index is -0.561. The molecule has 1 aromatic carbocycles. The number of hydrogen-bond donors (Lipinski definition) is 3. The Labute approximate surface area is 116 Å². The number of amides is 1. The number of hydrogen-bond acceptors (Lipinski definition) is 4. The predicted octanol–water partition coefficient (Wildman–Crippen LogP) is 3.13. The van der Waals surface area contributed by atoms with E-state index in [0.717, 1.165) is 5.56 Å². The van der Waals surface area contributed by atoms with Crippen molar-refractivity contribution in [2.45, 2.75) is 26.4 Å². The predicted molar refractivity (Wildman–Crippen MR) is 75.5 cm³/mol. The molecule has 0 aliphatic carbocycles. The fraction of sp³-hybridized carbons (Fsp3) is 0.286. The Kier molecular flexibility index (Phi) is 3.65. The largest absolute Gasteiger partial charge is 0.507 e. The Balaban J connectivity index is 2.18. The first-order valence-electron chi connectivity index (χ1n) is 6.17. The van der Waals surface area contributed by atoms with Gasteiger partial charge in [-0.3, -0.25) is 10.4 Å². The number of H-pyrrole nitrogens is 1. The monoisotopic (exact) mass is 275 g/mol. The molecule has 0 saturated carbocycles. The number of phenols is 1. The number of ether oxygens (including phenoxy) is 1. The van der Waals surface area contributed by atoms with Gasteiger partial charge in [0.25, 0.3) is 0 Å². The van der Waals surface area contributed by atoms with E-state index in [1.807, 2.05) is 0 Å². The zero-order chi connectivity index (χ0) is 14.8. The fourth-order valence-corrected chi connectivity index (χ4v) is 1.66. The third kappa shape index (κ3) is 3.50. The zero-order valence-electron chi connectivity index (χ0n) is 11.6. The lowest BCUT2D eigenvalue weighted by Crippen LogP contribution is -2.27. The van der Waals surface area contributed by atoms with Crippen molar-refractivity contribution < 1.29 is 14.6 Å². The lowest BCUT2D eigenvalue weighted by Gasteiger charge is -2.19. The van der Waals surface area contributed by atoms with Crippen molar-refractivity contribution in [3.8, 4) is 16.9 Å². The zero-order valence-corrected chi connectivity index (χ0v) is 11.6. The normalized spacial score (nSPS) is 11.2. The number of nitrogens with zero attached hydrogens (tertiary/aromatic N) is 1. The highest BCUT2D eigenvalue weighted by Gasteiger charge is 2.16. The summed E-state index contributed by atoms with van der Waals surface area (Å²) >= 11 is 0. The van der Waals surface area contributed by atoms with Crippen LogP contribution in [0.5, 0.6) is 5.75 Å². The van der Waals surface area contributed by atoms with Crippen molar-refractivity contribution in [3.63, 3.8) is 0 Å². The van der Waals surface area contributed by atoms with E-state index in [4.69, 9.17) is 4.74 Å². The van der Waals surface area contributed by atoms with Gasteiger partial charge in [0.1, 0.15) is 11.4 Å². The molecule has 0 aliphatic rings. The fourth-order valence-electron chi connectivity index (χ4n) is 1.66. The van der Waals surface area contributed by atoms with Gasteiger partial charge >= 0.3 is 6.09 Å². The summed E-state index contributed by atoms with van der Waals surface area (Å²) in [6, 6.07) is 4.77. The van der Waals surface area contributed by atoms with Gasteiger partial charge in [-0.25, -0.2) is 4.79 Å². The Morgan fingerprint density at radius 2 is 2.15 bits per heavy atom. The summed E-state index contributed by atoms with van der Waals surface area (Å²) in [5, 5.41) is 19.0. The average Bonchev–Trinajstić information content (AvgIpc) is 2.82. The second-order valence-electron chi connectivity index (χ2n) is 5.35. The molecule has 0 bridgehead atoms. The van der Waals surface area contributed by atoms with Gasteiger partial charge in [0.05, 0.1) is 6.20 Å². The average molecular weight is 275 g/mol. The molecule has 0 aliphatic heterocycles. The molecule has 2 rings (SSSR count). The number of aromatic amines is 1. The first kappa shape index (κ1) is 13.9. The van der Waals surface area contributed by atoms with Crippen molar-refractivity contribution >= 4 is 11.8 Å². The maximum atomic E-state index is 11.7. The summed E-state index contributed by atoms with van der Waals surface area (Å²) in [4.78, 5) is 11.7. The number of aromatic nitrogens is 2. The molecule has 2 aromatic rings. The smallest absolute Gasteiger partial charge is 0.412 e. The van der Waals surface area contributed by atoms with E-state index in [9.17, 15) is 9.90 Å². The maximum absolute atomic E-state index is 11.7. The third-order valence-corrected chi connectivity index (χ3v) is 2.45. The number of phenolic OH excluding ortho intramolecular Hbond substituents is 1. The molecule has 20 heavy (non-hydrogen) atoms. The van der Waals surface area contributed by atoms with Gasteiger partial charge in [0.2, 0.25) is 0 Å². The highest BCUT2D eigenvalue weighted by atomic mass is 16.6. The molecule has 6 heteroatoms. The second-order valence-corrected chi connectivity index (χ2v) is 5.35. The summed E-state index contributed by atoms with van der Waals surface area (Å²) in [5.41, 5.74) is 1.28. The van der Waals surface area contributed by atoms with Crippen molar-refractivity contribution in [1.82, 2.24) is 10.2 Å². The standard InChI is InChI=1S/C14H17N3O3/c1-14(2,3)20-13(19)17-10-4-5-12(18)11(6-10)9-7-15-16-8-9/h4-8,18H,1-3H3,(H,15,16)(H,17,19). The minimum Gasteiger partial charge on any atom is -0.507 e. The van der Waals surface area contributed by atoms with Gasteiger partial charge < -0.3 is 9.84 Å².